The van der Waals surface area contributed by atoms with Gasteiger partial charge in [0, 0.05) is 33.3 Å². The summed E-state index contributed by atoms with van der Waals surface area (Å²) in [5.74, 6) is -0.0380. The minimum Gasteiger partial charge on any atom is -0.378 e. The van der Waals surface area contributed by atoms with Gasteiger partial charge < -0.3 is 19.7 Å². The van der Waals surface area contributed by atoms with Crippen molar-refractivity contribution in [2.24, 2.45) is 0 Å². The zero-order chi connectivity index (χ0) is 18.5. The highest BCUT2D eigenvalue weighted by atomic mass is 32.2. The van der Waals surface area contributed by atoms with Crippen LogP contribution in [0.1, 0.15) is 26.7 Å². The molecule has 0 aliphatic carbocycles. The van der Waals surface area contributed by atoms with E-state index in [9.17, 15) is 13.2 Å². The third-order valence-corrected chi connectivity index (χ3v) is 6.74. The number of methoxy groups -OCH3 is 1. The van der Waals surface area contributed by atoms with Gasteiger partial charge in [0.25, 0.3) is 5.91 Å². The Bertz CT molecular complexity index is 538. The number of piperazine rings is 1. The van der Waals surface area contributed by atoms with Crippen molar-refractivity contribution >= 4 is 15.9 Å². The fourth-order valence-electron chi connectivity index (χ4n) is 3.31. The Morgan fingerprint density at radius 3 is 2.28 bits per heavy atom. The third-order valence-electron chi connectivity index (χ3n) is 4.90. The van der Waals surface area contributed by atoms with Crippen LogP contribution in [0.25, 0.3) is 0 Å². The Hall–Kier alpha value is -0.740. The van der Waals surface area contributed by atoms with E-state index < -0.39 is 15.6 Å². The van der Waals surface area contributed by atoms with E-state index in [0.717, 1.165) is 13.1 Å². The van der Waals surface area contributed by atoms with E-state index in [2.05, 4.69) is 5.32 Å². The fraction of sp³-hybridized carbons (Fsp3) is 0.938. The Labute approximate surface area is 150 Å². The largest absolute Gasteiger partial charge is 0.378 e. The minimum atomic E-state index is -3.34. The average Bonchev–Trinajstić information content (AvgIpc) is 2.61. The van der Waals surface area contributed by atoms with E-state index in [1.807, 2.05) is 13.8 Å². The molecule has 2 rings (SSSR count). The predicted molar refractivity (Wildman–Crippen MR) is 94.9 cm³/mol. The molecule has 8 nitrogen and oxygen atoms in total. The van der Waals surface area contributed by atoms with Crippen LogP contribution in [0.2, 0.25) is 0 Å². The number of nitrogens with zero attached hydrogens (tertiary/aromatic N) is 2. The summed E-state index contributed by atoms with van der Waals surface area (Å²) in [5.41, 5.74) is -0.766. The third kappa shape index (κ3) is 5.13. The second kappa shape index (κ2) is 8.77. The zero-order valence-electron chi connectivity index (χ0n) is 15.5. The van der Waals surface area contributed by atoms with Gasteiger partial charge >= 0.3 is 0 Å². The first-order valence-electron chi connectivity index (χ1n) is 8.95. The van der Waals surface area contributed by atoms with Crippen LogP contribution in [0.3, 0.4) is 0 Å². The highest BCUT2D eigenvalue weighted by molar-refractivity contribution is 7.89. The molecule has 0 atom stereocenters. The average molecular weight is 378 g/mol. The minimum absolute atomic E-state index is 0.0138. The van der Waals surface area contributed by atoms with Crippen LogP contribution in [0.5, 0.6) is 0 Å². The van der Waals surface area contributed by atoms with Crippen molar-refractivity contribution in [3.05, 3.63) is 0 Å². The Balaban J connectivity index is 1.89. The van der Waals surface area contributed by atoms with Crippen LogP contribution in [0.15, 0.2) is 0 Å². The quantitative estimate of drug-likeness (QED) is 0.653. The molecular weight excluding hydrogens is 346 g/mol. The smallest absolute Gasteiger partial charge is 0.254 e. The summed E-state index contributed by atoms with van der Waals surface area (Å²) in [7, 11) is -1.76. The summed E-state index contributed by atoms with van der Waals surface area (Å²) in [6.07, 6.45) is 1.31. The Kier molecular flexibility index (Phi) is 7.21. The van der Waals surface area contributed by atoms with Crippen LogP contribution < -0.4 is 5.32 Å². The summed E-state index contributed by atoms with van der Waals surface area (Å²) >= 11 is 0. The topological polar surface area (TPSA) is 88.2 Å². The second-order valence-electron chi connectivity index (χ2n) is 6.88. The number of carbonyl (C=O) groups is 1. The molecule has 2 saturated heterocycles. The number of nitrogens with one attached hydrogen (secondary N) is 1. The van der Waals surface area contributed by atoms with Crippen LogP contribution in [-0.4, -0.2) is 94.0 Å². The van der Waals surface area contributed by atoms with E-state index in [0.29, 0.717) is 39.0 Å². The molecule has 2 aliphatic heterocycles. The number of hydrogen-bond acceptors (Lipinski definition) is 6. The van der Waals surface area contributed by atoms with Gasteiger partial charge in [-0.05, 0) is 39.8 Å². The molecule has 9 heteroatoms. The van der Waals surface area contributed by atoms with E-state index in [4.69, 9.17) is 9.47 Å². The van der Waals surface area contributed by atoms with Crippen LogP contribution >= 0.6 is 0 Å². The number of rotatable bonds is 7. The maximum absolute atomic E-state index is 12.9. The van der Waals surface area contributed by atoms with E-state index in [1.54, 1.807) is 12.0 Å². The first-order chi connectivity index (χ1) is 11.8. The van der Waals surface area contributed by atoms with Crippen LogP contribution in [-0.2, 0) is 24.3 Å². The van der Waals surface area contributed by atoms with Crippen molar-refractivity contribution in [1.29, 1.82) is 0 Å². The van der Waals surface area contributed by atoms with E-state index in [-0.39, 0.29) is 24.4 Å². The number of sulfonamides is 1. The van der Waals surface area contributed by atoms with Gasteiger partial charge in [0.05, 0.1) is 18.5 Å². The molecule has 0 spiro atoms. The van der Waals surface area contributed by atoms with Gasteiger partial charge in [-0.2, -0.15) is 4.31 Å². The molecule has 0 saturated carbocycles. The summed E-state index contributed by atoms with van der Waals surface area (Å²) in [6, 6.07) is 0. The molecule has 0 aromatic heterocycles. The maximum atomic E-state index is 12.9. The second-order valence-corrected chi connectivity index (χ2v) is 8.96. The standard InChI is InChI=1S/C16H31N3O5S/c1-14(2)24-12-13-25(21,22)19-10-8-18(9-11-19)15(20)16(23-3)4-6-17-7-5-16/h14,17H,4-13H2,1-3H3. The first-order valence-corrected chi connectivity index (χ1v) is 10.6. The molecule has 0 bridgehead atoms. The van der Waals surface area contributed by atoms with E-state index in [1.165, 1.54) is 4.31 Å². The summed E-state index contributed by atoms with van der Waals surface area (Å²) < 4.78 is 37.1. The van der Waals surface area contributed by atoms with Gasteiger partial charge in [-0.15, -0.1) is 0 Å². The van der Waals surface area contributed by atoms with Crippen molar-refractivity contribution in [3.63, 3.8) is 0 Å². The number of amides is 1. The molecule has 2 heterocycles. The van der Waals surface area contributed by atoms with Crippen LogP contribution in [0, 0.1) is 0 Å². The number of ether oxygens (including phenoxy) is 2. The lowest BCUT2D eigenvalue weighted by molar-refractivity contribution is -0.159. The highest BCUT2D eigenvalue weighted by Gasteiger charge is 2.43. The molecule has 2 fully saturated rings. The van der Waals surface area contributed by atoms with E-state index >= 15 is 0 Å². The van der Waals surface area contributed by atoms with Crippen molar-refractivity contribution in [1.82, 2.24) is 14.5 Å². The molecule has 0 unspecified atom stereocenters. The van der Waals surface area contributed by atoms with Gasteiger partial charge in [-0.25, -0.2) is 8.42 Å². The predicted octanol–water partition coefficient (Wildman–Crippen LogP) is -0.346. The molecule has 2 aliphatic rings. The highest BCUT2D eigenvalue weighted by Crippen LogP contribution is 2.26. The molecule has 1 amide bonds. The SMILES string of the molecule is COC1(C(=O)N2CCN(S(=O)(=O)CCOC(C)C)CC2)CCNCC1. The lowest BCUT2D eigenvalue weighted by Gasteiger charge is -2.41. The van der Waals surface area contributed by atoms with Gasteiger partial charge in [-0.3, -0.25) is 4.79 Å². The lowest BCUT2D eigenvalue weighted by Crippen LogP contribution is -2.59. The molecule has 0 aromatic carbocycles. The molecule has 146 valence electrons. The molecule has 0 aromatic rings. The monoisotopic (exact) mass is 377 g/mol. The number of carbonyl (C=O) groups excluding carboxylic acids is 1. The zero-order valence-corrected chi connectivity index (χ0v) is 16.3. The lowest BCUT2D eigenvalue weighted by atomic mass is 9.90. The summed E-state index contributed by atoms with van der Waals surface area (Å²) in [4.78, 5) is 14.6. The normalized spacial score (nSPS) is 22.3. The van der Waals surface area contributed by atoms with Crippen molar-refractivity contribution in [2.75, 3.05) is 58.7 Å². The number of piperidine rings is 1. The Morgan fingerprint density at radius 1 is 1.16 bits per heavy atom. The van der Waals surface area contributed by atoms with Crippen molar-refractivity contribution in [3.8, 4) is 0 Å². The maximum Gasteiger partial charge on any atom is 0.254 e. The molecular formula is C16H31N3O5S. The number of hydrogen-bond donors (Lipinski definition) is 1. The van der Waals surface area contributed by atoms with Crippen molar-refractivity contribution < 1.29 is 22.7 Å². The molecule has 1 N–H and O–H groups in total. The summed E-state index contributed by atoms with van der Waals surface area (Å²) in [5, 5.41) is 3.24. The fourth-order valence-corrected chi connectivity index (χ4v) is 4.60. The van der Waals surface area contributed by atoms with Gasteiger partial charge in [0.15, 0.2) is 0 Å². The van der Waals surface area contributed by atoms with Gasteiger partial charge in [0.2, 0.25) is 10.0 Å². The van der Waals surface area contributed by atoms with Gasteiger partial charge in [0.1, 0.15) is 5.60 Å². The summed E-state index contributed by atoms with van der Waals surface area (Å²) in [6.45, 7) is 6.92. The van der Waals surface area contributed by atoms with Crippen LogP contribution in [0.4, 0.5) is 0 Å². The van der Waals surface area contributed by atoms with Crippen molar-refractivity contribution in [2.45, 2.75) is 38.4 Å². The molecule has 0 radical (unpaired) electrons. The molecule has 25 heavy (non-hydrogen) atoms. The Morgan fingerprint density at radius 2 is 1.76 bits per heavy atom. The van der Waals surface area contributed by atoms with Gasteiger partial charge in [-0.1, -0.05) is 0 Å². The first kappa shape index (κ1) is 20.6.